The molecular formula is C15H13ClN8O5S3. The molecule has 2 aromatic rings. The minimum atomic E-state index is -1.28. The van der Waals surface area contributed by atoms with E-state index < -0.39 is 35.6 Å². The van der Waals surface area contributed by atoms with Gasteiger partial charge < -0.3 is 27.1 Å². The largest absolute Gasteiger partial charge is 0.477 e. The number of thiazole rings is 1. The summed E-state index contributed by atoms with van der Waals surface area (Å²) in [7, 11) is 0. The number of carboxylic acid groups (broad SMARTS) is 1. The number of halogens is 1. The molecule has 1 saturated heterocycles. The highest BCUT2D eigenvalue weighted by Gasteiger charge is 2.54. The highest BCUT2D eigenvalue weighted by molar-refractivity contribution is 8.04. The molecule has 2 aromatic heterocycles. The van der Waals surface area contributed by atoms with Crippen LogP contribution in [0.4, 0.5) is 10.3 Å². The molecule has 4 rings (SSSR count). The number of carbonyl (C=O) groups excluding carboxylic acids is 2. The Morgan fingerprint density at radius 2 is 2.03 bits per heavy atom. The molecule has 13 nitrogen and oxygen atoms in total. The number of nitrogens with zero attached hydrogens (tertiary/aromatic N) is 5. The average Bonchev–Trinajstić information content (AvgIpc) is 3.30. The third-order valence-electron chi connectivity index (χ3n) is 4.66. The van der Waals surface area contributed by atoms with Gasteiger partial charge in [0.15, 0.2) is 15.2 Å². The Kier molecular flexibility index (Phi) is 5.93. The van der Waals surface area contributed by atoms with Crippen LogP contribution in [0.2, 0.25) is 4.34 Å². The SMILES string of the molecule is Nc1nnc(SC2=C(C(=O)O)N3C(=O)[C@H](NC(=O)/C(=N\O)c4nc(N)sc4Cl)C3CC2)s1. The molecule has 168 valence electrons. The zero-order valence-electron chi connectivity index (χ0n) is 15.7. The van der Waals surface area contributed by atoms with E-state index in [1.807, 2.05) is 0 Å². The van der Waals surface area contributed by atoms with Crippen LogP contribution in [0.1, 0.15) is 18.5 Å². The number of anilines is 2. The lowest BCUT2D eigenvalue weighted by molar-refractivity contribution is -0.155. The first-order chi connectivity index (χ1) is 15.2. The number of hydrogen-bond donors (Lipinski definition) is 5. The minimum Gasteiger partial charge on any atom is -0.477 e. The molecule has 0 spiro atoms. The maximum Gasteiger partial charge on any atom is 0.353 e. The summed E-state index contributed by atoms with van der Waals surface area (Å²) in [5, 5.41) is 32.2. The van der Waals surface area contributed by atoms with Crippen molar-refractivity contribution in [1.29, 1.82) is 0 Å². The normalized spacial score (nSPS) is 20.7. The Morgan fingerprint density at radius 3 is 2.59 bits per heavy atom. The van der Waals surface area contributed by atoms with Crippen LogP contribution < -0.4 is 16.8 Å². The number of aliphatic carboxylic acids is 1. The fourth-order valence-electron chi connectivity index (χ4n) is 3.37. The smallest absolute Gasteiger partial charge is 0.353 e. The third kappa shape index (κ3) is 3.85. The molecular weight excluding hydrogens is 504 g/mol. The maximum absolute atomic E-state index is 12.8. The molecule has 32 heavy (non-hydrogen) atoms. The van der Waals surface area contributed by atoms with Crippen LogP contribution >= 0.6 is 46.0 Å². The summed E-state index contributed by atoms with van der Waals surface area (Å²) < 4.78 is 0.496. The van der Waals surface area contributed by atoms with E-state index >= 15 is 0 Å². The number of carbonyl (C=O) groups is 3. The number of β-lactam (4-membered cyclic amide) rings is 1. The molecule has 0 radical (unpaired) electrons. The Balaban J connectivity index is 1.53. The number of nitrogen functional groups attached to an aromatic ring is 2. The second-order valence-corrected chi connectivity index (χ2v) is 10.5. The van der Waals surface area contributed by atoms with Gasteiger partial charge in [-0.1, -0.05) is 51.2 Å². The Bertz CT molecular complexity index is 1190. The number of hydrogen-bond acceptors (Lipinski definition) is 13. The van der Waals surface area contributed by atoms with Crippen molar-refractivity contribution in [3.8, 4) is 0 Å². The van der Waals surface area contributed by atoms with Crippen LogP contribution in [0.25, 0.3) is 0 Å². The zero-order chi connectivity index (χ0) is 23.2. The summed E-state index contributed by atoms with van der Waals surface area (Å²) >= 11 is 9.04. The van der Waals surface area contributed by atoms with E-state index in [1.54, 1.807) is 0 Å². The molecule has 1 unspecified atom stereocenters. The summed E-state index contributed by atoms with van der Waals surface area (Å²) in [6.45, 7) is 0. The van der Waals surface area contributed by atoms with Gasteiger partial charge in [-0.3, -0.25) is 14.5 Å². The van der Waals surface area contributed by atoms with Crippen molar-refractivity contribution >= 4 is 79.8 Å². The van der Waals surface area contributed by atoms with Gasteiger partial charge in [-0.2, -0.15) is 0 Å². The van der Waals surface area contributed by atoms with E-state index in [2.05, 4.69) is 25.7 Å². The van der Waals surface area contributed by atoms with Crippen LogP contribution in [0, 0.1) is 0 Å². The lowest BCUT2D eigenvalue weighted by atomic mass is 9.86. The number of nitrogens with one attached hydrogen (secondary N) is 1. The number of oxime groups is 1. The molecule has 1 fully saturated rings. The monoisotopic (exact) mass is 516 g/mol. The van der Waals surface area contributed by atoms with E-state index in [1.165, 1.54) is 0 Å². The van der Waals surface area contributed by atoms with Crippen molar-refractivity contribution < 1.29 is 24.7 Å². The van der Waals surface area contributed by atoms with Crippen LogP contribution in [0.5, 0.6) is 0 Å². The fraction of sp³-hybridized carbons (Fsp3) is 0.267. The highest BCUT2D eigenvalue weighted by Crippen LogP contribution is 2.43. The van der Waals surface area contributed by atoms with Crippen LogP contribution in [0.15, 0.2) is 20.1 Å². The van der Waals surface area contributed by atoms with E-state index in [0.717, 1.165) is 39.3 Å². The van der Waals surface area contributed by atoms with Gasteiger partial charge in [0, 0.05) is 4.91 Å². The van der Waals surface area contributed by atoms with Gasteiger partial charge >= 0.3 is 5.97 Å². The van der Waals surface area contributed by atoms with Crippen molar-refractivity contribution in [3.63, 3.8) is 0 Å². The highest BCUT2D eigenvalue weighted by atomic mass is 35.5. The predicted octanol–water partition coefficient (Wildman–Crippen LogP) is 0.569. The van der Waals surface area contributed by atoms with Gasteiger partial charge in [0.05, 0.1) is 6.04 Å². The Hall–Kier alpha value is -2.95. The van der Waals surface area contributed by atoms with Crippen LogP contribution in [0.3, 0.4) is 0 Å². The minimum absolute atomic E-state index is 0.0414. The molecule has 0 aliphatic carbocycles. The number of nitrogens with two attached hydrogens (primary N) is 2. The van der Waals surface area contributed by atoms with E-state index in [4.69, 9.17) is 23.1 Å². The molecule has 17 heteroatoms. The standard InChI is InChI=1S/C15H13ClN8O5S3/c16-9-6(20-13(17)31-9)7(23-29)10(25)19-5-3-1-2-4(30-15-22-21-14(18)32-15)8(12(27)28)24(3)11(5)26/h3,5,29H,1-2H2,(H2,17,20)(H2,18,21)(H,19,25)(H,27,28)/b23-7-/t3?,5-/m1/s1. The average molecular weight is 517 g/mol. The molecule has 0 bridgehead atoms. The van der Waals surface area contributed by atoms with Gasteiger partial charge in [0.1, 0.15) is 21.8 Å². The molecule has 0 saturated carbocycles. The van der Waals surface area contributed by atoms with Gasteiger partial charge in [-0.05, 0) is 12.8 Å². The summed E-state index contributed by atoms with van der Waals surface area (Å²) in [6, 6.07) is -1.59. The summed E-state index contributed by atoms with van der Waals surface area (Å²) in [5.41, 5.74) is 10.3. The molecule has 2 aliphatic heterocycles. The van der Waals surface area contributed by atoms with Crippen LogP contribution in [-0.2, 0) is 14.4 Å². The molecule has 2 aliphatic rings. The first kappa shape index (κ1) is 22.3. The molecule has 0 aromatic carbocycles. The second-order valence-electron chi connectivity index (χ2n) is 6.47. The number of aromatic nitrogens is 3. The van der Waals surface area contributed by atoms with E-state index in [9.17, 15) is 24.7 Å². The summed E-state index contributed by atoms with van der Waals surface area (Å²) in [5.74, 6) is -2.80. The number of amides is 2. The summed E-state index contributed by atoms with van der Waals surface area (Å²) in [6.07, 6.45) is 0.724. The number of allylic oxidation sites excluding steroid dienone is 1. The summed E-state index contributed by atoms with van der Waals surface area (Å²) in [4.78, 5) is 42.7. The van der Waals surface area contributed by atoms with Crippen LogP contribution in [-0.4, -0.2) is 66.0 Å². The zero-order valence-corrected chi connectivity index (χ0v) is 18.9. The van der Waals surface area contributed by atoms with Gasteiger partial charge in [0.25, 0.3) is 11.8 Å². The van der Waals surface area contributed by atoms with Crippen molar-refractivity contribution in [1.82, 2.24) is 25.4 Å². The lowest BCUT2D eigenvalue weighted by Gasteiger charge is -2.49. The number of fused-ring (bicyclic) bond motifs is 1. The van der Waals surface area contributed by atoms with E-state index in [0.29, 0.717) is 22.1 Å². The van der Waals surface area contributed by atoms with Crippen molar-refractivity contribution in [2.45, 2.75) is 29.3 Å². The first-order valence-corrected chi connectivity index (χ1v) is 11.6. The van der Waals surface area contributed by atoms with Crippen molar-refractivity contribution in [2.24, 2.45) is 5.16 Å². The molecule has 7 N–H and O–H groups in total. The molecule has 2 atom stereocenters. The number of carboxylic acids is 1. The van der Waals surface area contributed by atoms with Crippen molar-refractivity contribution in [2.75, 3.05) is 11.5 Å². The molecule has 2 amide bonds. The lowest BCUT2D eigenvalue weighted by Crippen LogP contribution is -2.72. The quantitative estimate of drug-likeness (QED) is 0.155. The first-order valence-electron chi connectivity index (χ1n) is 8.72. The van der Waals surface area contributed by atoms with Crippen molar-refractivity contribution in [3.05, 3.63) is 20.6 Å². The molecule has 4 heterocycles. The van der Waals surface area contributed by atoms with Gasteiger partial charge in [-0.25, -0.2) is 9.78 Å². The number of rotatable bonds is 6. The predicted molar refractivity (Wildman–Crippen MR) is 116 cm³/mol. The fourth-order valence-corrected chi connectivity index (χ4v) is 6.16. The van der Waals surface area contributed by atoms with Gasteiger partial charge in [0.2, 0.25) is 5.13 Å². The third-order valence-corrected chi connectivity index (χ3v) is 7.69. The van der Waals surface area contributed by atoms with Gasteiger partial charge in [-0.15, -0.1) is 10.2 Å². The maximum atomic E-state index is 12.8. The topological polar surface area (TPSA) is 210 Å². The second kappa shape index (κ2) is 8.53. The number of thioether (sulfide) groups is 1. The van der Waals surface area contributed by atoms with E-state index in [-0.39, 0.29) is 26.0 Å². The Morgan fingerprint density at radius 1 is 1.28 bits per heavy atom. The Labute approximate surface area is 196 Å².